The van der Waals surface area contributed by atoms with E-state index in [1.54, 1.807) is 7.11 Å². The Morgan fingerprint density at radius 1 is 0.920 bits per heavy atom. The summed E-state index contributed by atoms with van der Waals surface area (Å²) in [5, 5.41) is 0. The molecule has 1 aromatic rings. The highest BCUT2D eigenvalue weighted by Gasteiger charge is 2.24. The van der Waals surface area contributed by atoms with Gasteiger partial charge in [-0.05, 0) is 63.4 Å². The normalized spacial score (nSPS) is 21.8. The van der Waals surface area contributed by atoms with Crippen molar-refractivity contribution in [3.8, 4) is 5.75 Å². The molecule has 140 valence electrons. The lowest BCUT2D eigenvalue weighted by Crippen LogP contribution is -2.50. The minimum absolute atomic E-state index is 0.698. The number of piperazine rings is 1. The third-order valence-corrected chi connectivity index (χ3v) is 5.93. The van der Waals surface area contributed by atoms with Crippen LogP contribution in [0.4, 0.5) is 0 Å². The lowest BCUT2D eigenvalue weighted by atomic mass is 9.95. The minimum atomic E-state index is 0.698. The molecule has 2 aliphatic rings. The first-order valence-electron chi connectivity index (χ1n) is 9.95. The van der Waals surface area contributed by atoms with Crippen LogP contribution < -0.4 is 4.74 Å². The molecule has 0 N–H and O–H groups in total. The molecule has 4 nitrogen and oxygen atoms in total. The summed E-state index contributed by atoms with van der Waals surface area (Å²) in [5.41, 5.74) is 1.39. The van der Waals surface area contributed by atoms with E-state index in [0.717, 1.165) is 18.2 Å². The number of likely N-dealkylation sites (tertiary alicyclic amines) is 1. The van der Waals surface area contributed by atoms with E-state index in [1.807, 2.05) is 0 Å². The van der Waals surface area contributed by atoms with Gasteiger partial charge in [-0.3, -0.25) is 9.80 Å². The van der Waals surface area contributed by atoms with Crippen molar-refractivity contribution in [1.29, 1.82) is 0 Å². The summed E-state index contributed by atoms with van der Waals surface area (Å²) in [5.74, 6) is 1.83. The van der Waals surface area contributed by atoms with Crippen molar-refractivity contribution in [2.45, 2.75) is 39.3 Å². The fraction of sp³-hybridized carbons (Fsp3) is 0.714. The Morgan fingerprint density at radius 2 is 1.56 bits per heavy atom. The monoisotopic (exact) mass is 345 g/mol. The van der Waals surface area contributed by atoms with Crippen LogP contribution in [0.3, 0.4) is 0 Å². The number of methoxy groups -OCH3 is 1. The van der Waals surface area contributed by atoms with Gasteiger partial charge in [0.25, 0.3) is 0 Å². The Labute approximate surface area is 153 Å². The van der Waals surface area contributed by atoms with Gasteiger partial charge in [-0.2, -0.15) is 0 Å². The Bertz CT molecular complexity index is 500. The van der Waals surface area contributed by atoms with Gasteiger partial charge in [0.2, 0.25) is 0 Å². The molecule has 0 spiro atoms. The van der Waals surface area contributed by atoms with E-state index in [1.165, 1.54) is 64.2 Å². The Balaban J connectivity index is 1.37. The summed E-state index contributed by atoms with van der Waals surface area (Å²) in [4.78, 5) is 7.91. The van der Waals surface area contributed by atoms with E-state index in [0.29, 0.717) is 6.04 Å². The molecule has 0 saturated carbocycles. The van der Waals surface area contributed by atoms with Crippen LogP contribution in [0.15, 0.2) is 24.3 Å². The maximum Gasteiger partial charge on any atom is 0.118 e. The molecule has 3 rings (SSSR count). The predicted octanol–water partition coefficient (Wildman–Crippen LogP) is 2.93. The molecule has 2 heterocycles. The molecule has 4 heteroatoms. The third kappa shape index (κ3) is 5.44. The van der Waals surface area contributed by atoms with Gasteiger partial charge < -0.3 is 9.64 Å². The maximum atomic E-state index is 5.24. The number of hydrogen-bond donors (Lipinski definition) is 0. The minimum Gasteiger partial charge on any atom is -0.497 e. The zero-order valence-corrected chi connectivity index (χ0v) is 16.3. The van der Waals surface area contributed by atoms with Gasteiger partial charge in [0.1, 0.15) is 5.75 Å². The number of hydrogen-bond acceptors (Lipinski definition) is 4. The topological polar surface area (TPSA) is 19.0 Å². The van der Waals surface area contributed by atoms with Crippen LogP contribution in [-0.2, 0) is 6.54 Å². The van der Waals surface area contributed by atoms with Crippen LogP contribution in [0, 0.1) is 5.92 Å². The van der Waals surface area contributed by atoms with E-state index >= 15 is 0 Å². The third-order valence-electron chi connectivity index (χ3n) is 5.93. The van der Waals surface area contributed by atoms with E-state index in [-0.39, 0.29) is 0 Å². The zero-order valence-electron chi connectivity index (χ0n) is 16.3. The fourth-order valence-corrected chi connectivity index (χ4v) is 4.14. The SMILES string of the molecule is COc1ccc(CN2CCC(CN3CCN(C(C)C)CC3)CC2)cc1. The van der Waals surface area contributed by atoms with Crippen molar-refractivity contribution >= 4 is 0 Å². The van der Waals surface area contributed by atoms with Crippen LogP contribution in [0.5, 0.6) is 5.75 Å². The maximum absolute atomic E-state index is 5.24. The fourth-order valence-electron chi connectivity index (χ4n) is 4.14. The van der Waals surface area contributed by atoms with Crippen molar-refractivity contribution in [2.75, 3.05) is 52.9 Å². The summed E-state index contributed by atoms with van der Waals surface area (Å²) in [6.45, 7) is 14.5. The molecule has 0 unspecified atom stereocenters. The molecule has 1 aromatic carbocycles. The van der Waals surface area contributed by atoms with Gasteiger partial charge in [-0.1, -0.05) is 12.1 Å². The van der Waals surface area contributed by atoms with Gasteiger partial charge >= 0.3 is 0 Å². The molecule has 0 atom stereocenters. The predicted molar refractivity (Wildman–Crippen MR) is 104 cm³/mol. The number of piperidine rings is 1. The largest absolute Gasteiger partial charge is 0.497 e. The quantitative estimate of drug-likeness (QED) is 0.789. The van der Waals surface area contributed by atoms with Crippen molar-refractivity contribution in [1.82, 2.24) is 14.7 Å². The lowest BCUT2D eigenvalue weighted by Gasteiger charge is -2.40. The molecule has 25 heavy (non-hydrogen) atoms. The first-order valence-corrected chi connectivity index (χ1v) is 9.95. The van der Waals surface area contributed by atoms with E-state index < -0.39 is 0 Å². The van der Waals surface area contributed by atoms with Gasteiger partial charge in [-0.15, -0.1) is 0 Å². The van der Waals surface area contributed by atoms with Crippen LogP contribution in [0.1, 0.15) is 32.3 Å². The average molecular weight is 346 g/mol. The first kappa shape index (κ1) is 18.7. The van der Waals surface area contributed by atoms with Crippen LogP contribution in [-0.4, -0.2) is 73.7 Å². The highest BCUT2D eigenvalue weighted by Crippen LogP contribution is 2.21. The first-order chi connectivity index (χ1) is 12.1. The lowest BCUT2D eigenvalue weighted by molar-refractivity contribution is 0.0799. The molecule has 2 fully saturated rings. The van der Waals surface area contributed by atoms with Crippen LogP contribution in [0.2, 0.25) is 0 Å². The summed E-state index contributed by atoms with van der Waals surface area (Å²) in [6, 6.07) is 9.22. The molecular formula is C21H35N3O. The molecule has 0 bridgehead atoms. The number of benzene rings is 1. The highest BCUT2D eigenvalue weighted by atomic mass is 16.5. The van der Waals surface area contributed by atoms with Gasteiger partial charge in [-0.25, -0.2) is 0 Å². The van der Waals surface area contributed by atoms with Gasteiger partial charge in [0.15, 0.2) is 0 Å². The van der Waals surface area contributed by atoms with E-state index in [4.69, 9.17) is 4.74 Å². The number of ether oxygens (including phenoxy) is 1. The summed E-state index contributed by atoms with van der Waals surface area (Å²) in [6.07, 6.45) is 2.70. The summed E-state index contributed by atoms with van der Waals surface area (Å²) >= 11 is 0. The molecule has 0 amide bonds. The second-order valence-corrected chi connectivity index (χ2v) is 8.00. The summed E-state index contributed by atoms with van der Waals surface area (Å²) in [7, 11) is 1.72. The number of rotatable bonds is 6. The van der Waals surface area contributed by atoms with Gasteiger partial charge in [0, 0.05) is 45.3 Å². The molecule has 0 aromatic heterocycles. The Kier molecular flexibility index (Phi) is 6.74. The average Bonchev–Trinajstić information content (AvgIpc) is 2.64. The zero-order chi connectivity index (χ0) is 17.6. The van der Waals surface area contributed by atoms with Crippen molar-refractivity contribution in [3.63, 3.8) is 0 Å². The molecule has 0 aliphatic carbocycles. The van der Waals surface area contributed by atoms with Crippen molar-refractivity contribution in [3.05, 3.63) is 29.8 Å². The second-order valence-electron chi connectivity index (χ2n) is 8.00. The summed E-state index contributed by atoms with van der Waals surface area (Å²) < 4.78 is 5.24. The molecular weight excluding hydrogens is 310 g/mol. The molecule has 2 saturated heterocycles. The smallest absolute Gasteiger partial charge is 0.118 e. The van der Waals surface area contributed by atoms with Crippen LogP contribution in [0.25, 0.3) is 0 Å². The number of nitrogens with zero attached hydrogens (tertiary/aromatic N) is 3. The van der Waals surface area contributed by atoms with E-state index in [9.17, 15) is 0 Å². The van der Waals surface area contributed by atoms with Gasteiger partial charge in [0.05, 0.1) is 7.11 Å². The second kappa shape index (κ2) is 9.02. The van der Waals surface area contributed by atoms with Crippen LogP contribution >= 0.6 is 0 Å². The molecule has 2 aliphatic heterocycles. The highest BCUT2D eigenvalue weighted by molar-refractivity contribution is 5.27. The standard InChI is InChI=1S/C21H35N3O/c1-18(2)24-14-12-23(13-15-24)17-20-8-10-22(11-9-20)16-19-4-6-21(25-3)7-5-19/h4-7,18,20H,8-17H2,1-3H3. The van der Waals surface area contributed by atoms with Crippen molar-refractivity contribution < 1.29 is 4.74 Å². The Morgan fingerprint density at radius 3 is 2.12 bits per heavy atom. The molecule has 0 radical (unpaired) electrons. The van der Waals surface area contributed by atoms with E-state index in [2.05, 4.69) is 52.8 Å². The van der Waals surface area contributed by atoms with Crippen molar-refractivity contribution in [2.24, 2.45) is 5.92 Å². The Hall–Kier alpha value is -1.10.